The molecule has 2 heteroatoms. The maximum absolute atomic E-state index is 2.34. The Balaban J connectivity index is 2.32. The molecule has 2 nitrogen and oxygen atoms in total. The van der Waals surface area contributed by atoms with Crippen LogP contribution >= 0.6 is 0 Å². The van der Waals surface area contributed by atoms with Crippen molar-refractivity contribution in [2.24, 2.45) is 0 Å². The Kier molecular flexibility index (Phi) is 3.49. The van der Waals surface area contributed by atoms with Crippen LogP contribution in [0.3, 0.4) is 0 Å². The smallest absolute Gasteiger partial charge is 0.0480 e. The molecule has 18 heavy (non-hydrogen) atoms. The molecule has 0 saturated carbocycles. The Morgan fingerprint density at radius 1 is 1.11 bits per heavy atom. The van der Waals surface area contributed by atoms with Crippen molar-refractivity contribution < 1.29 is 0 Å². The highest BCUT2D eigenvalue weighted by atomic mass is 15.1. The summed E-state index contributed by atoms with van der Waals surface area (Å²) in [6.45, 7) is 8.90. The molecule has 2 rings (SSSR count). The van der Waals surface area contributed by atoms with Crippen molar-refractivity contribution in [2.75, 3.05) is 20.6 Å². The zero-order chi connectivity index (χ0) is 13.3. The average Bonchev–Trinajstić information content (AvgIpc) is 2.67. The summed E-state index contributed by atoms with van der Waals surface area (Å²) >= 11 is 0. The van der Waals surface area contributed by atoms with E-state index in [-0.39, 0.29) is 5.41 Å². The van der Waals surface area contributed by atoms with Gasteiger partial charge in [0.25, 0.3) is 0 Å². The van der Waals surface area contributed by atoms with Gasteiger partial charge in [0, 0.05) is 24.8 Å². The van der Waals surface area contributed by atoms with Crippen LogP contribution in [0, 0.1) is 0 Å². The quantitative estimate of drug-likeness (QED) is 0.802. The molecular weight excluding hydrogens is 220 g/mol. The second-order valence-electron chi connectivity index (χ2n) is 6.34. The first-order chi connectivity index (χ1) is 8.38. The fourth-order valence-electron chi connectivity index (χ4n) is 2.17. The summed E-state index contributed by atoms with van der Waals surface area (Å²) in [6, 6.07) is 9.06. The Bertz CT molecular complexity index is 530. The van der Waals surface area contributed by atoms with Crippen LogP contribution in [0.1, 0.15) is 26.3 Å². The molecule has 0 aliphatic rings. The molecule has 1 aromatic heterocycles. The van der Waals surface area contributed by atoms with Crippen LogP contribution < -0.4 is 0 Å². The molecule has 0 spiro atoms. The molecular formula is C16H24N2. The maximum Gasteiger partial charge on any atom is 0.0480 e. The van der Waals surface area contributed by atoms with Gasteiger partial charge in [-0.1, -0.05) is 26.8 Å². The average molecular weight is 244 g/mol. The first kappa shape index (κ1) is 13.2. The normalized spacial score (nSPS) is 12.6. The largest absolute Gasteiger partial charge is 0.346 e. The Labute approximate surface area is 110 Å². The zero-order valence-corrected chi connectivity index (χ0v) is 12.2. The van der Waals surface area contributed by atoms with Crippen molar-refractivity contribution in [3.8, 4) is 0 Å². The minimum absolute atomic E-state index is 0.222. The summed E-state index contributed by atoms with van der Waals surface area (Å²) in [5, 5.41) is 1.35. The van der Waals surface area contributed by atoms with Crippen LogP contribution in [-0.2, 0) is 12.0 Å². The van der Waals surface area contributed by atoms with Crippen molar-refractivity contribution in [3.63, 3.8) is 0 Å². The van der Waals surface area contributed by atoms with E-state index in [0.717, 1.165) is 13.1 Å². The molecule has 0 amide bonds. The predicted molar refractivity (Wildman–Crippen MR) is 79.2 cm³/mol. The van der Waals surface area contributed by atoms with Crippen molar-refractivity contribution in [1.82, 2.24) is 9.47 Å². The van der Waals surface area contributed by atoms with E-state index in [1.807, 2.05) is 0 Å². The molecule has 0 aliphatic heterocycles. The fraction of sp³-hybridized carbons (Fsp3) is 0.500. The van der Waals surface area contributed by atoms with Gasteiger partial charge in [-0.25, -0.2) is 0 Å². The van der Waals surface area contributed by atoms with Gasteiger partial charge in [0.2, 0.25) is 0 Å². The number of nitrogens with zero attached hydrogens (tertiary/aromatic N) is 2. The number of fused-ring (bicyclic) bond motifs is 1. The standard InChI is InChI=1S/C16H24N2/c1-16(2,3)14-6-7-15-13(12-14)8-9-18(15)11-10-17(4)5/h6-9,12H,10-11H2,1-5H3. The van der Waals surface area contributed by atoms with Gasteiger partial charge in [0.15, 0.2) is 0 Å². The lowest BCUT2D eigenvalue weighted by Crippen LogP contribution is -2.18. The molecule has 0 saturated heterocycles. The third kappa shape index (κ3) is 2.75. The monoisotopic (exact) mass is 244 g/mol. The Hall–Kier alpha value is -1.28. The second kappa shape index (κ2) is 4.77. The molecule has 0 atom stereocenters. The summed E-state index contributed by atoms with van der Waals surface area (Å²) in [7, 11) is 4.23. The van der Waals surface area contributed by atoms with Gasteiger partial charge >= 0.3 is 0 Å². The summed E-state index contributed by atoms with van der Waals surface area (Å²) in [4.78, 5) is 2.22. The third-order valence-electron chi connectivity index (χ3n) is 3.43. The molecule has 1 aromatic carbocycles. The number of rotatable bonds is 3. The first-order valence-corrected chi connectivity index (χ1v) is 6.62. The van der Waals surface area contributed by atoms with E-state index >= 15 is 0 Å². The highest BCUT2D eigenvalue weighted by Gasteiger charge is 2.14. The van der Waals surface area contributed by atoms with Gasteiger partial charge in [-0.05, 0) is 48.7 Å². The van der Waals surface area contributed by atoms with Crippen molar-refractivity contribution in [2.45, 2.75) is 32.7 Å². The lowest BCUT2D eigenvalue weighted by molar-refractivity contribution is 0.387. The van der Waals surface area contributed by atoms with Gasteiger partial charge in [-0.2, -0.15) is 0 Å². The number of hydrogen-bond acceptors (Lipinski definition) is 1. The third-order valence-corrected chi connectivity index (χ3v) is 3.43. The molecule has 0 bridgehead atoms. The van der Waals surface area contributed by atoms with E-state index in [4.69, 9.17) is 0 Å². The second-order valence-corrected chi connectivity index (χ2v) is 6.34. The van der Waals surface area contributed by atoms with Crippen molar-refractivity contribution in [3.05, 3.63) is 36.0 Å². The minimum Gasteiger partial charge on any atom is -0.346 e. The fourth-order valence-corrected chi connectivity index (χ4v) is 2.17. The van der Waals surface area contributed by atoms with E-state index in [2.05, 4.69) is 74.8 Å². The van der Waals surface area contributed by atoms with E-state index in [1.165, 1.54) is 16.5 Å². The molecule has 0 radical (unpaired) electrons. The summed E-state index contributed by atoms with van der Waals surface area (Å²) < 4.78 is 2.34. The summed E-state index contributed by atoms with van der Waals surface area (Å²) in [6.07, 6.45) is 2.20. The Morgan fingerprint density at radius 2 is 1.83 bits per heavy atom. The van der Waals surface area contributed by atoms with Crippen LogP contribution in [0.2, 0.25) is 0 Å². The van der Waals surface area contributed by atoms with E-state index in [1.54, 1.807) is 0 Å². The lowest BCUT2D eigenvalue weighted by Gasteiger charge is -2.19. The van der Waals surface area contributed by atoms with Gasteiger partial charge in [-0.15, -0.1) is 0 Å². The molecule has 98 valence electrons. The van der Waals surface area contributed by atoms with Gasteiger partial charge in [-0.3, -0.25) is 0 Å². The Morgan fingerprint density at radius 3 is 2.44 bits per heavy atom. The van der Waals surface area contributed by atoms with Crippen LogP contribution in [0.25, 0.3) is 10.9 Å². The minimum atomic E-state index is 0.222. The van der Waals surface area contributed by atoms with Crippen LogP contribution in [-0.4, -0.2) is 30.1 Å². The number of benzene rings is 1. The molecule has 1 heterocycles. The van der Waals surface area contributed by atoms with Crippen LogP contribution in [0.15, 0.2) is 30.5 Å². The van der Waals surface area contributed by atoms with E-state index in [9.17, 15) is 0 Å². The van der Waals surface area contributed by atoms with Crippen molar-refractivity contribution in [1.29, 1.82) is 0 Å². The SMILES string of the molecule is CN(C)CCn1ccc2cc(C(C)(C)C)ccc21. The highest BCUT2D eigenvalue weighted by Crippen LogP contribution is 2.26. The van der Waals surface area contributed by atoms with Gasteiger partial charge < -0.3 is 9.47 Å². The van der Waals surface area contributed by atoms with Gasteiger partial charge in [0.1, 0.15) is 0 Å². The maximum atomic E-state index is 2.34. The molecule has 0 unspecified atom stereocenters. The van der Waals surface area contributed by atoms with Gasteiger partial charge in [0.05, 0.1) is 0 Å². The molecule has 2 aromatic rings. The molecule has 0 fully saturated rings. The summed E-state index contributed by atoms with van der Waals surface area (Å²) in [5.74, 6) is 0. The predicted octanol–water partition coefficient (Wildman–Crippen LogP) is 3.50. The van der Waals surface area contributed by atoms with Crippen LogP contribution in [0.4, 0.5) is 0 Å². The van der Waals surface area contributed by atoms with Crippen molar-refractivity contribution >= 4 is 10.9 Å². The highest BCUT2D eigenvalue weighted by molar-refractivity contribution is 5.81. The number of aromatic nitrogens is 1. The summed E-state index contributed by atoms with van der Waals surface area (Å²) in [5.41, 5.74) is 2.96. The van der Waals surface area contributed by atoms with Crippen LogP contribution in [0.5, 0.6) is 0 Å². The lowest BCUT2D eigenvalue weighted by atomic mass is 9.86. The first-order valence-electron chi connectivity index (χ1n) is 6.62. The van der Waals surface area contributed by atoms with E-state index < -0.39 is 0 Å². The molecule has 0 N–H and O–H groups in total. The zero-order valence-electron chi connectivity index (χ0n) is 12.2. The number of hydrogen-bond donors (Lipinski definition) is 0. The molecule has 0 aliphatic carbocycles. The number of likely N-dealkylation sites (N-methyl/N-ethyl adjacent to an activating group) is 1. The van der Waals surface area contributed by atoms with E-state index in [0.29, 0.717) is 0 Å². The topological polar surface area (TPSA) is 8.17 Å².